The highest BCUT2D eigenvalue weighted by Crippen LogP contribution is 2.36. The molecule has 1 aromatic carbocycles. The molecule has 33 heavy (non-hydrogen) atoms. The van der Waals surface area contributed by atoms with Crippen LogP contribution >= 0.6 is 0 Å². The molecular formula is C25H27FN6O. The van der Waals surface area contributed by atoms with Crippen molar-refractivity contribution in [2.45, 2.75) is 31.8 Å². The third-order valence-electron chi connectivity index (χ3n) is 6.95. The number of aryl methyl sites for hydroxylation is 1. The highest BCUT2D eigenvalue weighted by Gasteiger charge is 2.29. The topological polar surface area (TPSA) is 82.0 Å². The molecule has 7 nitrogen and oxygen atoms in total. The Morgan fingerprint density at radius 1 is 1.27 bits per heavy atom. The number of rotatable bonds is 6. The molecule has 1 atom stereocenters. The molecule has 1 aliphatic heterocycles. The summed E-state index contributed by atoms with van der Waals surface area (Å²) < 4.78 is 17.3. The van der Waals surface area contributed by atoms with Gasteiger partial charge in [0, 0.05) is 43.8 Å². The smallest absolute Gasteiger partial charge is 0.254 e. The molecule has 8 heteroatoms. The van der Waals surface area contributed by atoms with Crippen molar-refractivity contribution in [3.8, 4) is 11.5 Å². The van der Waals surface area contributed by atoms with Crippen molar-refractivity contribution in [3.05, 3.63) is 47.7 Å². The molecule has 1 aliphatic carbocycles. The summed E-state index contributed by atoms with van der Waals surface area (Å²) in [6.45, 7) is 1.09. The molecule has 0 radical (unpaired) electrons. The van der Waals surface area contributed by atoms with Crippen LogP contribution in [0.3, 0.4) is 0 Å². The molecular weight excluding hydrogens is 419 g/mol. The number of benzene rings is 1. The summed E-state index contributed by atoms with van der Waals surface area (Å²) in [6, 6.07) is 9.53. The number of pyridine rings is 1. The van der Waals surface area contributed by atoms with Crippen LogP contribution in [0.4, 0.5) is 4.39 Å². The third-order valence-corrected chi connectivity index (χ3v) is 6.95. The zero-order valence-corrected chi connectivity index (χ0v) is 18.7. The first-order chi connectivity index (χ1) is 16.0. The Hall–Kier alpha value is -3.26. The number of fused-ring (bicyclic) bond motifs is 3. The van der Waals surface area contributed by atoms with Crippen LogP contribution in [0.15, 0.2) is 36.5 Å². The van der Waals surface area contributed by atoms with Crippen LogP contribution in [0.5, 0.6) is 0 Å². The first kappa shape index (κ1) is 20.4. The quantitative estimate of drug-likeness (QED) is 0.493. The van der Waals surface area contributed by atoms with Crippen LogP contribution in [0.25, 0.3) is 33.6 Å². The summed E-state index contributed by atoms with van der Waals surface area (Å²) in [5.41, 5.74) is 11.2. The van der Waals surface area contributed by atoms with E-state index in [9.17, 15) is 9.18 Å². The molecule has 1 saturated carbocycles. The lowest BCUT2D eigenvalue weighted by Gasteiger charge is -2.30. The Balaban J connectivity index is 1.45. The summed E-state index contributed by atoms with van der Waals surface area (Å²) in [4.78, 5) is 24.3. The Kier molecular flexibility index (Phi) is 4.72. The predicted molar refractivity (Wildman–Crippen MR) is 126 cm³/mol. The van der Waals surface area contributed by atoms with Crippen LogP contribution in [-0.4, -0.2) is 55.7 Å². The standard InChI is InChI=1S/C25H27FN6O/c1-30-21-9-16-6-8-31(14-18(27)12-26)25(33)19(16)11-20(21)29-24(30)22-10-17-3-2-7-28-23(17)32(22)13-15-4-5-15/h2-3,7,9-11,15,18H,4-6,8,12-14,27H2,1H3/t18-/m1/s1. The molecule has 170 valence electrons. The number of imidazole rings is 1. The minimum absolute atomic E-state index is 0.0960. The fraction of sp³-hybridized carbons (Fsp3) is 0.400. The van der Waals surface area contributed by atoms with Crippen molar-refractivity contribution >= 4 is 28.0 Å². The zero-order chi connectivity index (χ0) is 22.7. The molecule has 2 N–H and O–H groups in total. The van der Waals surface area contributed by atoms with Gasteiger partial charge in [0.05, 0.1) is 22.8 Å². The SMILES string of the molecule is Cn1c(-c2cc3cccnc3n2CC2CC2)nc2cc3c(cc21)CCN(C[C@H](N)CF)C3=O. The second-order valence-electron chi connectivity index (χ2n) is 9.41. The monoisotopic (exact) mass is 446 g/mol. The van der Waals surface area contributed by atoms with Crippen molar-refractivity contribution in [2.24, 2.45) is 18.7 Å². The van der Waals surface area contributed by atoms with Gasteiger partial charge in [0.1, 0.15) is 12.3 Å². The van der Waals surface area contributed by atoms with Gasteiger partial charge in [0.15, 0.2) is 5.82 Å². The molecule has 0 saturated heterocycles. The van der Waals surface area contributed by atoms with Crippen molar-refractivity contribution in [2.75, 3.05) is 19.8 Å². The van der Waals surface area contributed by atoms with Crippen LogP contribution < -0.4 is 5.73 Å². The van der Waals surface area contributed by atoms with E-state index in [4.69, 9.17) is 10.7 Å². The fourth-order valence-corrected chi connectivity index (χ4v) is 4.97. The van der Waals surface area contributed by atoms with Gasteiger partial charge in [-0.1, -0.05) is 0 Å². The average Bonchev–Trinajstić information content (AvgIpc) is 3.50. The van der Waals surface area contributed by atoms with Crippen LogP contribution in [0.1, 0.15) is 28.8 Å². The van der Waals surface area contributed by atoms with Crippen LogP contribution in [0, 0.1) is 5.92 Å². The summed E-state index contributed by atoms with van der Waals surface area (Å²) in [5.74, 6) is 1.47. The second kappa shape index (κ2) is 7.66. The van der Waals surface area contributed by atoms with Crippen molar-refractivity contribution in [1.82, 2.24) is 24.0 Å². The number of aromatic nitrogens is 4. The van der Waals surface area contributed by atoms with E-state index in [2.05, 4.69) is 32.3 Å². The van der Waals surface area contributed by atoms with E-state index >= 15 is 0 Å². The van der Waals surface area contributed by atoms with Gasteiger partial charge in [0.2, 0.25) is 0 Å². The van der Waals surface area contributed by atoms with Gasteiger partial charge in [-0.05, 0) is 61.1 Å². The van der Waals surface area contributed by atoms with E-state index in [1.807, 2.05) is 25.4 Å². The number of hydrogen-bond acceptors (Lipinski definition) is 4. The Bertz CT molecular complexity index is 1380. The van der Waals surface area contributed by atoms with Crippen LogP contribution in [0.2, 0.25) is 0 Å². The lowest BCUT2D eigenvalue weighted by Crippen LogP contribution is -2.45. The molecule has 1 fully saturated rings. The average molecular weight is 447 g/mol. The molecule has 4 aromatic rings. The van der Waals surface area contributed by atoms with Gasteiger partial charge in [-0.15, -0.1) is 0 Å². The first-order valence-corrected chi connectivity index (χ1v) is 11.6. The van der Waals surface area contributed by atoms with Crippen molar-refractivity contribution < 1.29 is 9.18 Å². The largest absolute Gasteiger partial charge is 0.337 e. The highest BCUT2D eigenvalue weighted by atomic mass is 19.1. The number of nitrogens with zero attached hydrogens (tertiary/aromatic N) is 5. The van der Waals surface area contributed by atoms with E-state index in [0.717, 1.165) is 52.1 Å². The predicted octanol–water partition coefficient (Wildman–Crippen LogP) is 3.30. The third kappa shape index (κ3) is 3.40. The minimum atomic E-state index is -0.650. The van der Waals surface area contributed by atoms with Gasteiger partial charge < -0.3 is 19.8 Å². The Morgan fingerprint density at radius 2 is 2.12 bits per heavy atom. The van der Waals surface area contributed by atoms with E-state index in [0.29, 0.717) is 18.0 Å². The van der Waals surface area contributed by atoms with Crippen molar-refractivity contribution in [3.63, 3.8) is 0 Å². The maximum Gasteiger partial charge on any atom is 0.254 e. The molecule has 0 unspecified atom stereocenters. The molecule has 2 aliphatic rings. The van der Waals surface area contributed by atoms with Gasteiger partial charge in [-0.25, -0.2) is 14.4 Å². The van der Waals surface area contributed by atoms with Crippen LogP contribution in [-0.2, 0) is 20.0 Å². The van der Waals surface area contributed by atoms with Crippen molar-refractivity contribution in [1.29, 1.82) is 0 Å². The number of hydrogen-bond donors (Lipinski definition) is 1. The zero-order valence-electron chi connectivity index (χ0n) is 18.7. The summed E-state index contributed by atoms with van der Waals surface area (Å²) in [7, 11) is 2.03. The molecule has 6 rings (SSSR count). The van der Waals surface area contributed by atoms with Gasteiger partial charge >= 0.3 is 0 Å². The number of halogens is 1. The number of alkyl halides is 1. The minimum Gasteiger partial charge on any atom is -0.337 e. The summed E-state index contributed by atoms with van der Waals surface area (Å²) in [6.07, 6.45) is 5.07. The normalized spacial score (nSPS) is 17.2. The molecule has 0 bridgehead atoms. The highest BCUT2D eigenvalue weighted by molar-refractivity contribution is 6.00. The maximum absolute atomic E-state index is 13.1. The van der Waals surface area contributed by atoms with E-state index in [1.165, 1.54) is 12.8 Å². The second-order valence-corrected chi connectivity index (χ2v) is 9.41. The first-order valence-electron chi connectivity index (χ1n) is 11.6. The summed E-state index contributed by atoms with van der Waals surface area (Å²) in [5, 5.41) is 1.11. The van der Waals surface area contributed by atoms with Gasteiger partial charge in [-0.2, -0.15) is 0 Å². The molecule has 1 amide bonds. The number of carbonyl (C=O) groups is 1. The lowest BCUT2D eigenvalue weighted by molar-refractivity contribution is 0.0725. The fourth-order valence-electron chi connectivity index (χ4n) is 4.97. The molecule has 4 heterocycles. The maximum atomic E-state index is 13.1. The van der Waals surface area contributed by atoms with E-state index in [1.54, 1.807) is 4.90 Å². The Labute approximate surface area is 191 Å². The number of nitrogens with two attached hydrogens (primary N) is 1. The number of amides is 1. The molecule has 3 aromatic heterocycles. The van der Waals surface area contributed by atoms with E-state index < -0.39 is 12.7 Å². The lowest BCUT2D eigenvalue weighted by atomic mass is 9.97. The molecule has 0 spiro atoms. The Morgan fingerprint density at radius 3 is 2.91 bits per heavy atom. The van der Waals surface area contributed by atoms with Gasteiger partial charge in [0.25, 0.3) is 5.91 Å². The summed E-state index contributed by atoms with van der Waals surface area (Å²) >= 11 is 0. The van der Waals surface area contributed by atoms with Gasteiger partial charge in [-0.3, -0.25) is 4.79 Å². The van der Waals surface area contributed by atoms with E-state index in [-0.39, 0.29) is 12.5 Å². The number of carbonyl (C=O) groups excluding carboxylic acids is 1.